The quantitative estimate of drug-likeness (QED) is 0.369. The Morgan fingerprint density at radius 2 is 1.84 bits per heavy atom. The second-order valence-corrected chi connectivity index (χ2v) is 4.71. The number of amides is 1. The van der Waals surface area contributed by atoms with Crippen LogP contribution in [0.2, 0.25) is 0 Å². The largest absolute Gasteiger partial charge is 0.379 e. The predicted molar refractivity (Wildman–Crippen MR) is 92.5 cm³/mol. The van der Waals surface area contributed by atoms with Gasteiger partial charge in [-0.15, -0.1) is 9.81 Å². The fraction of sp³-hybridized carbons (Fsp3) is 0.357. The van der Waals surface area contributed by atoms with Gasteiger partial charge in [-0.3, -0.25) is 10.2 Å². The molecule has 0 radical (unpaired) electrons. The van der Waals surface area contributed by atoms with Crippen molar-refractivity contribution in [3.05, 3.63) is 39.6 Å². The summed E-state index contributed by atoms with van der Waals surface area (Å²) in [4.78, 5) is 27.4. The first-order valence-electron chi connectivity index (χ1n) is 7.21. The Bertz CT molecular complexity index is 596. The van der Waals surface area contributed by atoms with E-state index in [1.54, 1.807) is 0 Å². The van der Waals surface area contributed by atoms with Gasteiger partial charge in [0.1, 0.15) is 0 Å². The van der Waals surface area contributed by atoms with E-state index in [-0.39, 0.29) is 11.8 Å². The smallest absolute Gasteiger partial charge is 0.240 e. The van der Waals surface area contributed by atoms with Crippen molar-refractivity contribution >= 4 is 23.5 Å². The van der Waals surface area contributed by atoms with Gasteiger partial charge in [-0.1, -0.05) is 26.0 Å². The third kappa shape index (κ3) is 8.74. The molecule has 11 heteroatoms. The van der Waals surface area contributed by atoms with Crippen LogP contribution in [-0.2, 0) is 4.79 Å². The number of anilines is 1. The van der Waals surface area contributed by atoms with Crippen LogP contribution >= 0.6 is 0 Å². The minimum atomic E-state index is -0.0246. The Balaban J connectivity index is 0.000000844. The van der Waals surface area contributed by atoms with E-state index in [4.69, 9.17) is 20.2 Å². The van der Waals surface area contributed by atoms with Crippen LogP contribution in [0.1, 0.15) is 32.3 Å². The molecule has 136 valence electrons. The Hall–Kier alpha value is -3.37. The first-order valence-corrected chi connectivity index (χ1v) is 7.21. The molecule has 1 aliphatic heterocycles. The van der Waals surface area contributed by atoms with Gasteiger partial charge in [-0.05, 0) is 24.1 Å². The van der Waals surface area contributed by atoms with Gasteiger partial charge in [-0.2, -0.15) is 10.2 Å². The van der Waals surface area contributed by atoms with Gasteiger partial charge in [0, 0.05) is 18.6 Å². The van der Waals surface area contributed by atoms with Crippen LogP contribution in [0.25, 0.3) is 0 Å². The number of nitrogens with zero attached hydrogens (tertiary/aromatic N) is 4. The predicted octanol–water partition coefficient (Wildman–Crippen LogP) is 2.64. The maximum Gasteiger partial charge on any atom is 0.240 e. The van der Waals surface area contributed by atoms with Crippen molar-refractivity contribution in [2.45, 2.75) is 26.7 Å². The molecule has 25 heavy (non-hydrogen) atoms. The van der Waals surface area contributed by atoms with E-state index in [1.165, 1.54) is 10.7 Å². The van der Waals surface area contributed by atoms with Gasteiger partial charge in [0.2, 0.25) is 5.91 Å². The third-order valence-corrected chi connectivity index (χ3v) is 2.91. The van der Waals surface area contributed by atoms with E-state index < -0.39 is 0 Å². The zero-order valence-electron chi connectivity index (χ0n) is 13.8. The number of rotatable bonds is 4. The topological polar surface area (TPSA) is 165 Å². The van der Waals surface area contributed by atoms with Crippen molar-refractivity contribution in [2.75, 3.05) is 5.43 Å². The van der Waals surface area contributed by atoms with Gasteiger partial charge in [-0.25, -0.2) is 5.43 Å². The Morgan fingerprint density at radius 1 is 1.28 bits per heavy atom. The van der Waals surface area contributed by atoms with E-state index >= 15 is 0 Å². The molecular weight excluding hydrogens is 332 g/mol. The molecule has 0 saturated heterocycles. The van der Waals surface area contributed by atoms with E-state index in [0.29, 0.717) is 6.42 Å². The molecule has 1 aliphatic rings. The molecule has 1 unspecified atom stereocenters. The Labute approximate surface area is 143 Å². The normalized spacial score (nSPS) is 15.5. The fourth-order valence-electron chi connectivity index (χ4n) is 1.93. The monoisotopic (exact) mass is 352 g/mol. The second kappa shape index (κ2) is 13.1. The van der Waals surface area contributed by atoms with Crippen molar-refractivity contribution < 1.29 is 15.2 Å². The molecule has 1 atom stereocenters. The van der Waals surface area contributed by atoms with Crippen LogP contribution in [0.5, 0.6) is 0 Å². The van der Waals surface area contributed by atoms with Crippen LogP contribution in [0.15, 0.2) is 45.1 Å². The van der Waals surface area contributed by atoms with Gasteiger partial charge in [0.25, 0.3) is 0 Å². The number of nitrogens with one attached hydrogen (secondary N) is 2. The number of carbonyl (C=O) groups excluding carboxylic acids is 1. The molecule has 0 spiro atoms. The molecule has 0 bridgehead atoms. The van der Waals surface area contributed by atoms with Crippen molar-refractivity contribution in [3.8, 4) is 0 Å². The fourth-order valence-corrected chi connectivity index (χ4v) is 1.93. The highest BCUT2D eigenvalue weighted by molar-refractivity contribution is 6.05. The molecule has 1 aromatic rings. The molecule has 1 heterocycles. The lowest BCUT2D eigenvalue weighted by Gasteiger charge is -2.19. The number of hydrazone groups is 2. The molecule has 4 N–H and O–H groups in total. The average molecular weight is 352 g/mol. The molecule has 0 fully saturated rings. The van der Waals surface area contributed by atoms with Crippen molar-refractivity contribution in [1.82, 2.24) is 5.43 Å². The van der Waals surface area contributed by atoms with E-state index in [9.17, 15) is 4.79 Å². The van der Waals surface area contributed by atoms with E-state index in [1.807, 2.05) is 44.3 Å². The number of benzene rings is 1. The summed E-state index contributed by atoms with van der Waals surface area (Å²) in [6.45, 7) is 4.04. The first-order chi connectivity index (χ1) is 12.0. The molecule has 0 aromatic heterocycles. The summed E-state index contributed by atoms with van der Waals surface area (Å²) >= 11 is 0. The summed E-state index contributed by atoms with van der Waals surface area (Å²) in [5.74, 6) is 0.120. The lowest BCUT2D eigenvalue weighted by atomic mass is 9.94. The number of hydrogen-bond donors (Lipinski definition) is 4. The molecule has 1 aromatic carbocycles. The van der Waals surface area contributed by atoms with E-state index in [2.05, 4.69) is 21.1 Å². The highest BCUT2D eigenvalue weighted by Crippen LogP contribution is 2.18. The molecular formula is C14H20N6O5. The highest BCUT2D eigenvalue weighted by atomic mass is 16.6. The Morgan fingerprint density at radius 3 is 2.32 bits per heavy atom. The van der Waals surface area contributed by atoms with Gasteiger partial charge in [0.05, 0.1) is 11.4 Å². The van der Waals surface area contributed by atoms with Crippen LogP contribution in [-0.4, -0.2) is 28.2 Å². The summed E-state index contributed by atoms with van der Waals surface area (Å²) in [7, 11) is 0. The average Bonchev–Trinajstić information content (AvgIpc) is 2.57. The summed E-state index contributed by atoms with van der Waals surface area (Å²) in [5.41, 5.74) is 8.36. The van der Waals surface area contributed by atoms with Gasteiger partial charge < -0.3 is 10.4 Å². The number of hydrogen-bond acceptors (Lipinski definition) is 8. The summed E-state index contributed by atoms with van der Waals surface area (Å²) < 4.78 is 0. The zero-order valence-corrected chi connectivity index (χ0v) is 13.8. The highest BCUT2D eigenvalue weighted by Gasteiger charge is 2.21. The van der Waals surface area contributed by atoms with Crippen LogP contribution in [0.3, 0.4) is 0 Å². The van der Waals surface area contributed by atoms with Crippen molar-refractivity contribution in [3.63, 3.8) is 0 Å². The maximum atomic E-state index is 11.2. The molecule has 1 amide bonds. The second-order valence-electron chi connectivity index (χ2n) is 4.71. The zero-order chi connectivity index (χ0) is 19.1. The summed E-state index contributed by atoms with van der Waals surface area (Å²) in [6.07, 6.45) is 3.20. The maximum absolute atomic E-state index is 11.2. The molecule has 0 saturated carbocycles. The van der Waals surface area contributed by atoms with Crippen molar-refractivity contribution in [1.29, 1.82) is 0 Å². The van der Waals surface area contributed by atoms with Crippen LogP contribution in [0, 0.1) is 15.7 Å². The minimum absolute atomic E-state index is 0.0246. The van der Waals surface area contributed by atoms with Gasteiger partial charge >= 0.3 is 0 Å². The lowest BCUT2D eigenvalue weighted by Crippen LogP contribution is -2.31. The summed E-state index contributed by atoms with van der Waals surface area (Å²) in [6, 6.07) is 7.87. The molecule has 2 rings (SSSR count). The Kier molecular flexibility index (Phi) is 11.3. The number of carbonyl (C=O) groups is 1. The summed E-state index contributed by atoms with van der Waals surface area (Å²) in [5, 5.41) is 24.0. The third-order valence-electron chi connectivity index (χ3n) is 2.91. The standard InChI is InChI=1S/C14H18N4O.2HNO2/c1-3-8-15-16-12-6-4-11(5-7-12)14-10(2)9-13(19)17-18-14;2*2-1-3/h4-8,10,16H,3,9H2,1-2H3,(H,17,19);2*(H,2,3). The SMILES string of the molecule is CCC=NNc1ccc(C2=NNC(=O)CC2C)cc1.O=NO.O=NO. The van der Waals surface area contributed by atoms with E-state index in [0.717, 1.165) is 23.4 Å². The molecule has 0 aliphatic carbocycles. The van der Waals surface area contributed by atoms with Crippen molar-refractivity contribution in [2.24, 2.45) is 26.8 Å². The van der Waals surface area contributed by atoms with Gasteiger partial charge in [0.15, 0.2) is 10.7 Å². The van der Waals surface area contributed by atoms with Crippen LogP contribution < -0.4 is 10.9 Å². The minimum Gasteiger partial charge on any atom is -0.379 e. The first kappa shape index (κ1) is 21.6. The van der Waals surface area contributed by atoms with Crippen LogP contribution in [0.4, 0.5) is 5.69 Å². The molecule has 11 nitrogen and oxygen atoms in total. The lowest BCUT2D eigenvalue weighted by molar-refractivity contribution is -0.121.